The second kappa shape index (κ2) is 10.3. The largest absolute Gasteiger partial charge is 0.378 e. The molecule has 1 saturated heterocycles. The Morgan fingerprint density at radius 1 is 1.38 bits per heavy atom. The number of amides is 1. The Morgan fingerprint density at radius 3 is 2.81 bits per heavy atom. The third-order valence-corrected chi connectivity index (χ3v) is 5.18. The van der Waals surface area contributed by atoms with Crippen LogP contribution in [0.25, 0.3) is 0 Å². The van der Waals surface area contributed by atoms with Gasteiger partial charge in [-0.2, -0.15) is 0 Å². The number of nitrogens with zero attached hydrogens (tertiary/aromatic N) is 2. The number of carbonyl (C=O) groups excluding carboxylic acids is 1. The summed E-state index contributed by atoms with van der Waals surface area (Å²) in [5.74, 6) is 0.933. The van der Waals surface area contributed by atoms with Crippen LogP contribution < -0.4 is 16.0 Å². The molecule has 148 valence electrons. The normalized spacial score (nSPS) is 25.6. The van der Waals surface area contributed by atoms with Gasteiger partial charge in [0.25, 0.3) is 0 Å². The Bertz CT molecular complexity index is 580. The van der Waals surface area contributed by atoms with Crippen molar-refractivity contribution < 1.29 is 9.53 Å². The van der Waals surface area contributed by atoms with Gasteiger partial charge in [0.15, 0.2) is 0 Å². The Morgan fingerprint density at radius 2 is 2.12 bits per heavy atom. The minimum absolute atomic E-state index is 0. The number of rotatable bonds is 4. The van der Waals surface area contributed by atoms with Crippen molar-refractivity contribution in [3.05, 3.63) is 23.9 Å². The third kappa shape index (κ3) is 5.71. The van der Waals surface area contributed by atoms with E-state index in [9.17, 15) is 4.79 Å². The number of morpholine rings is 1. The second-order valence-corrected chi connectivity index (χ2v) is 7.14. The van der Waals surface area contributed by atoms with Crippen LogP contribution in [0.15, 0.2) is 18.3 Å². The summed E-state index contributed by atoms with van der Waals surface area (Å²) in [5, 5.41) is 3.06. The lowest BCUT2D eigenvalue weighted by atomic mass is 9.74. The molecule has 0 spiro atoms. The van der Waals surface area contributed by atoms with Gasteiger partial charge in [-0.3, -0.25) is 4.79 Å². The van der Waals surface area contributed by atoms with E-state index in [0.717, 1.165) is 63.4 Å². The van der Waals surface area contributed by atoms with Crippen molar-refractivity contribution in [3.8, 4) is 0 Å². The summed E-state index contributed by atoms with van der Waals surface area (Å²) in [6, 6.07) is 4.00. The molecular formula is C18H30Cl2N4O2. The fourth-order valence-electron chi connectivity index (χ4n) is 3.64. The van der Waals surface area contributed by atoms with Gasteiger partial charge >= 0.3 is 0 Å². The number of pyridine rings is 1. The van der Waals surface area contributed by atoms with Crippen LogP contribution in [-0.4, -0.2) is 42.7 Å². The van der Waals surface area contributed by atoms with Crippen LogP contribution in [0.5, 0.6) is 0 Å². The molecule has 0 radical (unpaired) electrons. The molecule has 3 rings (SSSR count). The molecular weight excluding hydrogens is 375 g/mol. The molecule has 1 amide bonds. The maximum Gasteiger partial charge on any atom is 0.225 e. The predicted molar refractivity (Wildman–Crippen MR) is 108 cm³/mol. The van der Waals surface area contributed by atoms with Crippen LogP contribution in [0.1, 0.15) is 38.2 Å². The molecule has 2 fully saturated rings. The molecule has 1 aliphatic heterocycles. The van der Waals surface area contributed by atoms with Crippen molar-refractivity contribution in [3.63, 3.8) is 0 Å². The van der Waals surface area contributed by atoms with Gasteiger partial charge in [-0.15, -0.1) is 24.8 Å². The monoisotopic (exact) mass is 404 g/mol. The average molecular weight is 405 g/mol. The highest BCUT2D eigenvalue weighted by Crippen LogP contribution is 2.31. The van der Waals surface area contributed by atoms with E-state index in [4.69, 9.17) is 10.5 Å². The lowest BCUT2D eigenvalue weighted by Crippen LogP contribution is -2.52. The van der Waals surface area contributed by atoms with Crippen LogP contribution in [0, 0.1) is 5.92 Å². The molecule has 2 heterocycles. The van der Waals surface area contributed by atoms with Gasteiger partial charge in [0, 0.05) is 31.4 Å². The number of ether oxygens (including phenoxy) is 1. The first-order valence-corrected chi connectivity index (χ1v) is 8.90. The predicted octanol–water partition coefficient (Wildman–Crippen LogP) is 2.29. The molecule has 1 aromatic heterocycles. The molecule has 0 aromatic carbocycles. The minimum atomic E-state index is -0.389. The van der Waals surface area contributed by atoms with E-state index >= 15 is 0 Å². The first-order chi connectivity index (χ1) is 11.6. The van der Waals surface area contributed by atoms with Gasteiger partial charge in [0.1, 0.15) is 5.82 Å². The van der Waals surface area contributed by atoms with Crippen LogP contribution >= 0.6 is 24.8 Å². The molecule has 2 unspecified atom stereocenters. The summed E-state index contributed by atoms with van der Waals surface area (Å²) >= 11 is 0. The van der Waals surface area contributed by atoms with Crippen molar-refractivity contribution in [2.75, 3.05) is 31.2 Å². The van der Waals surface area contributed by atoms with E-state index in [2.05, 4.69) is 15.2 Å². The van der Waals surface area contributed by atoms with Crippen molar-refractivity contribution in [1.29, 1.82) is 0 Å². The van der Waals surface area contributed by atoms with Gasteiger partial charge < -0.3 is 20.7 Å². The first kappa shape index (κ1) is 23.0. The van der Waals surface area contributed by atoms with Crippen LogP contribution in [0.3, 0.4) is 0 Å². The Balaban J connectivity index is 0.00000169. The van der Waals surface area contributed by atoms with Crippen molar-refractivity contribution >= 4 is 36.5 Å². The highest BCUT2D eigenvalue weighted by molar-refractivity contribution is 5.85. The molecule has 3 N–H and O–H groups in total. The maximum atomic E-state index is 12.5. The Labute approximate surface area is 168 Å². The summed E-state index contributed by atoms with van der Waals surface area (Å²) < 4.78 is 5.38. The van der Waals surface area contributed by atoms with Crippen molar-refractivity contribution in [2.24, 2.45) is 11.7 Å². The van der Waals surface area contributed by atoms with Crippen LogP contribution in [0.4, 0.5) is 5.82 Å². The molecule has 6 nitrogen and oxygen atoms in total. The van der Waals surface area contributed by atoms with E-state index in [-0.39, 0.29) is 42.2 Å². The smallest absolute Gasteiger partial charge is 0.225 e. The van der Waals surface area contributed by atoms with Gasteiger partial charge in [0.2, 0.25) is 5.91 Å². The molecule has 1 aromatic rings. The number of carbonyl (C=O) groups is 1. The number of halogens is 2. The average Bonchev–Trinajstić information content (AvgIpc) is 2.60. The number of hydrogen-bond acceptors (Lipinski definition) is 5. The van der Waals surface area contributed by atoms with Crippen molar-refractivity contribution in [2.45, 2.75) is 44.7 Å². The number of aromatic nitrogens is 1. The summed E-state index contributed by atoms with van der Waals surface area (Å²) in [4.78, 5) is 19.2. The lowest BCUT2D eigenvalue weighted by molar-refractivity contribution is -0.128. The van der Waals surface area contributed by atoms with Gasteiger partial charge in [0.05, 0.1) is 19.1 Å². The summed E-state index contributed by atoms with van der Waals surface area (Å²) in [6.45, 7) is 5.70. The quantitative estimate of drug-likeness (QED) is 0.804. The summed E-state index contributed by atoms with van der Waals surface area (Å²) in [5.41, 5.74) is 7.00. The zero-order valence-corrected chi connectivity index (χ0v) is 16.9. The van der Waals surface area contributed by atoms with Crippen LogP contribution in [0.2, 0.25) is 0 Å². The van der Waals surface area contributed by atoms with Gasteiger partial charge in [-0.05, 0) is 37.5 Å². The zero-order valence-electron chi connectivity index (χ0n) is 15.3. The number of anilines is 1. The summed E-state index contributed by atoms with van der Waals surface area (Å²) in [6.07, 6.45) is 5.81. The molecule has 0 bridgehead atoms. The third-order valence-electron chi connectivity index (χ3n) is 5.18. The van der Waals surface area contributed by atoms with Gasteiger partial charge in [-0.1, -0.05) is 12.8 Å². The number of hydrogen-bond donors (Lipinski definition) is 2. The first-order valence-electron chi connectivity index (χ1n) is 8.90. The van der Waals surface area contributed by atoms with E-state index in [1.54, 1.807) is 6.20 Å². The SMILES string of the molecule is CC1(N)CCCCC1C(=O)NCc1ccnc(N2CCOCC2)c1.Cl.Cl. The lowest BCUT2D eigenvalue weighted by Gasteiger charge is -2.37. The number of nitrogens with two attached hydrogens (primary N) is 1. The fraction of sp³-hybridized carbons (Fsp3) is 0.667. The fourth-order valence-corrected chi connectivity index (χ4v) is 3.64. The molecule has 2 aliphatic rings. The van der Waals surface area contributed by atoms with E-state index in [1.807, 2.05) is 19.1 Å². The number of nitrogens with one attached hydrogen (secondary N) is 1. The van der Waals surface area contributed by atoms with E-state index in [1.165, 1.54) is 0 Å². The highest BCUT2D eigenvalue weighted by atomic mass is 35.5. The molecule has 2 atom stereocenters. The van der Waals surface area contributed by atoms with Crippen LogP contribution in [-0.2, 0) is 16.1 Å². The maximum absolute atomic E-state index is 12.5. The molecule has 1 saturated carbocycles. The second-order valence-electron chi connectivity index (χ2n) is 7.14. The highest BCUT2D eigenvalue weighted by Gasteiger charge is 2.37. The van der Waals surface area contributed by atoms with Crippen molar-refractivity contribution in [1.82, 2.24) is 10.3 Å². The van der Waals surface area contributed by atoms with Gasteiger partial charge in [-0.25, -0.2) is 4.98 Å². The molecule has 26 heavy (non-hydrogen) atoms. The molecule has 1 aliphatic carbocycles. The summed E-state index contributed by atoms with van der Waals surface area (Å²) in [7, 11) is 0. The topological polar surface area (TPSA) is 80.5 Å². The van der Waals surface area contributed by atoms with E-state index in [0.29, 0.717) is 6.54 Å². The Kier molecular flexibility index (Phi) is 9.10. The van der Waals surface area contributed by atoms with E-state index < -0.39 is 0 Å². The molecule has 8 heteroatoms. The zero-order chi connectivity index (χ0) is 17.0. The standard InChI is InChI=1S/C18H28N4O2.2ClH/c1-18(19)6-3-2-4-15(18)17(23)21-13-14-5-7-20-16(12-14)22-8-10-24-11-9-22;;/h5,7,12,15H,2-4,6,8-11,13,19H2,1H3,(H,21,23);2*1H. The minimum Gasteiger partial charge on any atom is -0.378 e. The Hall–Kier alpha value is -1.08.